The molecule has 0 spiro atoms. The highest BCUT2D eigenvalue weighted by Crippen LogP contribution is 2.31. The second-order valence-corrected chi connectivity index (χ2v) is 9.28. The number of likely N-dealkylation sites (tertiary alicyclic amines) is 1. The van der Waals surface area contributed by atoms with Crippen molar-refractivity contribution in [1.82, 2.24) is 14.7 Å². The summed E-state index contributed by atoms with van der Waals surface area (Å²) >= 11 is 0. The molecule has 4 heterocycles. The Kier molecular flexibility index (Phi) is 6.31. The Bertz CT molecular complexity index is 614. The minimum absolute atomic E-state index is 0.779. The number of piperidine rings is 2. The van der Waals surface area contributed by atoms with Crippen molar-refractivity contribution in [1.29, 1.82) is 0 Å². The van der Waals surface area contributed by atoms with Crippen LogP contribution in [0.3, 0.4) is 0 Å². The van der Waals surface area contributed by atoms with Crippen molar-refractivity contribution in [3.8, 4) is 0 Å². The highest BCUT2D eigenvalue weighted by Gasteiger charge is 2.37. The van der Waals surface area contributed by atoms with Crippen LogP contribution in [-0.4, -0.2) is 66.1 Å². The molecule has 3 heteroatoms. The van der Waals surface area contributed by atoms with Crippen molar-refractivity contribution in [2.45, 2.75) is 58.2 Å². The van der Waals surface area contributed by atoms with Gasteiger partial charge < -0.3 is 0 Å². The number of fused-ring (bicyclic) bond motifs is 4. The van der Waals surface area contributed by atoms with E-state index in [2.05, 4.69) is 65.0 Å². The van der Waals surface area contributed by atoms with Crippen molar-refractivity contribution in [2.24, 2.45) is 5.92 Å². The molecule has 4 fully saturated rings. The molecule has 0 amide bonds. The van der Waals surface area contributed by atoms with Crippen LogP contribution < -0.4 is 0 Å². The van der Waals surface area contributed by atoms with Crippen LogP contribution in [0.5, 0.6) is 0 Å². The first-order valence-corrected chi connectivity index (χ1v) is 11.0. The van der Waals surface area contributed by atoms with E-state index in [0.29, 0.717) is 0 Å². The molecule has 1 aromatic rings. The van der Waals surface area contributed by atoms with Crippen molar-refractivity contribution >= 4 is 0 Å². The Morgan fingerprint density at radius 3 is 2.44 bits per heavy atom. The first kappa shape index (κ1) is 19.2. The maximum atomic E-state index is 2.88. The number of allylic oxidation sites excluding steroid dienone is 1. The predicted octanol–water partition coefficient (Wildman–Crippen LogP) is 4.01. The molecule has 0 aromatic heterocycles. The molecule has 2 atom stereocenters. The average Bonchev–Trinajstić information content (AvgIpc) is 3.00. The number of hydrogen-bond acceptors (Lipinski definition) is 3. The molecule has 27 heavy (non-hydrogen) atoms. The first-order chi connectivity index (χ1) is 13.2. The Morgan fingerprint density at radius 2 is 1.70 bits per heavy atom. The zero-order valence-corrected chi connectivity index (χ0v) is 17.3. The van der Waals surface area contributed by atoms with Crippen LogP contribution in [0.1, 0.15) is 45.1 Å². The standard InChI is InChI=1S/C24H37N3/c1-20(2)10-15-26-17-22-8-9-24(26)19-27(18-22)23-11-13-25(14-12-23)16-21-6-4-3-5-7-21/h3-7,10,22-24H,8-9,11-19H2,1-2H3/t22-,24-/m1/s1. The third kappa shape index (κ3) is 5.01. The van der Waals surface area contributed by atoms with Crippen LogP contribution in [0, 0.1) is 5.92 Å². The summed E-state index contributed by atoms with van der Waals surface area (Å²) < 4.78 is 0. The molecule has 0 saturated carbocycles. The van der Waals surface area contributed by atoms with Gasteiger partial charge in [0, 0.05) is 44.8 Å². The summed E-state index contributed by atoms with van der Waals surface area (Å²) in [5.74, 6) is 0.886. The van der Waals surface area contributed by atoms with E-state index in [1.165, 1.54) is 69.5 Å². The topological polar surface area (TPSA) is 9.72 Å². The lowest BCUT2D eigenvalue weighted by molar-refractivity contribution is 0.0961. The molecule has 0 radical (unpaired) electrons. The van der Waals surface area contributed by atoms with E-state index in [1.807, 2.05) is 0 Å². The van der Waals surface area contributed by atoms with Crippen molar-refractivity contribution in [3.05, 3.63) is 47.5 Å². The van der Waals surface area contributed by atoms with Crippen molar-refractivity contribution < 1.29 is 0 Å². The van der Waals surface area contributed by atoms with Gasteiger partial charge >= 0.3 is 0 Å². The maximum Gasteiger partial charge on any atom is 0.0233 e. The number of nitrogens with zero attached hydrogens (tertiary/aromatic N) is 3. The number of benzene rings is 1. The van der Waals surface area contributed by atoms with Gasteiger partial charge in [-0.05, 0) is 64.1 Å². The molecular weight excluding hydrogens is 330 g/mol. The molecule has 0 unspecified atom stereocenters. The van der Waals surface area contributed by atoms with E-state index in [1.54, 1.807) is 0 Å². The highest BCUT2D eigenvalue weighted by molar-refractivity contribution is 5.14. The van der Waals surface area contributed by atoms with Gasteiger partial charge in [0.1, 0.15) is 0 Å². The van der Waals surface area contributed by atoms with Gasteiger partial charge in [-0.1, -0.05) is 42.0 Å². The van der Waals surface area contributed by atoms with Gasteiger partial charge in [0.05, 0.1) is 0 Å². The molecule has 5 rings (SSSR count). The maximum absolute atomic E-state index is 2.88. The third-order valence-electron chi connectivity index (χ3n) is 6.91. The molecule has 1 aromatic carbocycles. The zero-order chi connectivity index (χ0) is 18.6. The van der Waals surface area contributed by atoms with Crippen LogP contribution in [0.15, 0.2) is 42.0 Å². The van der Waals surface area contributed by atoms with Gasteiger partial charge in [0.2, 0.25) is 0 Å². The lowest BCUT2D eigenvalue weighted by Gasteiger charge is -2.39. The fourth-order valence-electron chi connectivity index (χ4n) is 5.32. The van der Waals surface area contributed by atoms with Gasteiger partial charge in [0.15, 0.2) is 0 Å². The quantitative estimate of drug-likeness (QED) is 0.728. The molecule has 4 aliphatic rings. The van der Waals surface area contributed by atoms with Gasteiger partial charge in [-0.2, -0.15) is 0 Å². The van der Waals surface area contributed by atoms with E-state index in [9.17, 15) is 0 Å². The van der Waals surface area contributed by atoms with Gasteiger partial charge in [-0.25, -0.2) is 0 Å². The van der Waals surface area contributed by atoms with E-state index in [-0.39, 0.29) is 0 Å². The summed E-state index contributed by atoms with van der Waals surface area (Å²) in [4.78, 5) is 8.30. The second-order valence-electron chi connectivity index (χ2n) is 9.28. The van der Waals surface area contributed by atoms with Crippen LogP contribution >= 0.6 is 0 Å². The van der Waals surface area contributed by atoms with Gasteiger partial charge in [0.25, 0.3) is 0 Å². The second kappa shape index (κ2) is 8.89. The summed E-state index contributed by atoms with van der Waals surface area (Å²) in [5.41, 5.74) is 2.91. The fourth-order valence-corrected chi connectivity index (χ4v) is 5.32. The minimum Gasteiger partial charge on any atom is -0.299 e. The zero-order valence-electron chi connectivity index (χ0n) is 17.3. The van der Waals surface area contributed by atoms with E-state index in [0.717, 1.165) is 31.1 Å². The molecule has 0 aliphatic carbocycles. The minimum atomic E-state index is 0.779. The highest BCUT2D eigenvalue weighted by atomic mass is 15.3. The van der Waals surface area contributed by atoms with Gasteiger partial charge in [-0.15, -0.1) is 0 Å². The summed E-state index contributed by atoms with van der Waals surface area (Å²) in [7, 11) is 0. The summed E-state index contributed by atoms with van der Waals surface area (Å²) in [6.07, 6.45) is 7.97. The van der Waals surface area contributed by atoms with Crippen LogP contribution in [0.25, 0.3) is 0 Å². The van der Waals surface area contributed by atoms with E-state index in [4.69, 9.17) is 0 Å². The average molecular weight is 368 g/mol. The number of rotatable bonds is 5. The molecule has 4 saturated heterocycles. The fraction of sp³-hybridized carbons (Fsp3) is 0.667. The van der Waals surface area contributed by atoms with Crippen LogP contribution in [0.4, 0.5) is 0 Å². The smallest absolute Gasteiger partial charge is 0.0233 e. The van der Waals surface area contributed by atoms with Crippen LogP contribution in [0.2, 0.25) is 0 Å². The lowest BCUT2D eigenvalue weighted by atomic mass is 9.95. The molecule has 2 bridgehead atoms. The first-order valence-electron chi connectivity index (χ1n) is 11.0. The normalized spacial score (nSPS) is 28.2. The van der Waals surface area contributed by atoms with Gasteiger partial charge in [-0.3, -0.25) is 14.7 Å². The van der Waals surface area contributed by atoms with Crippen molar-refractivity contribution in [3.63, 3.8) is 0 Å². The third-order valence-corrected chi connectivity index (χ3v) is 6.91. The summed E-state index contributed by atoms with van der Waals surface area (Å²) in [6.45, 7) is 13.2. The Hall–Kier alpha value is -1.16. The SMILES string of the molecule is CC(C)=CCN1C[C@H]2CC[C@@H]1CN(C1CCN(Cc3ccccc3)CC1)C2. The summed E-state index contributed by atoms with van der Waals surface area (Å²) in [6, 6.07) is 12.6. The molecule has 148 valence electrons. The lowest BCUT2D eigenvalue weighted by Crippen LogP contribution is -2.48. The Balaban J connectivity index is 1.30. The summed E-state index contributed by atoms with van der Waals surface area (Å²) in [5, 5.41) is 0. The van der Waals surface area contributed by atoms with E-state index < -0.39 is 0 Å². The van der Waals surface area contributed by atoms with Crippen LogP contribution in [-0.2, 0) is 6.54 Å². The van der Waals surface area contributed by atoms with E-state index >= 15 is 0 Å². The van der Waals surface area contributed by atoms with Crippen molar-refractivity contribution in [2.75, 3.05) is 39.3 Å². The molecule has 0 N–H and O–H groups in total. The predicted molar refractivity (Wildman–Crippen MR) is 114 cm³/mol. The Labute approximate surface area is 166 Å². The Morgan fingerprint density at radius 1 is 0.926 bits per heavy atom. The molecular formula is C24H37N3. The molecule has 3 nitrogen and oxygen atoms in total. The monoisotopic (exact) mass is 367 g/mol. The molecule has 4 aliphatic heterocycles. The largest absolute Gasteiger partial charge is 0.299 e. The number of hydrogen-bond donors (Lipinski definition) is 0.